The summed E-state index contributed by atoms with van der Waals surface area (Å²) in [6.45, 7) is 0.0440. The average molecular weight is 253 g/mol. The summed E-state index contributed by atoms with van der Waals surface area (Å²) in [7, 11) is 0. The van der Waals surface area contributed by atoms with E-state index in [2.05, 4.69) is 4.89 Å². The fraction of sp³-hybridized carbons (Fsp3) is 0.0667. The quantitative estimate of drug-likeness (QED) is 0.621. The lowest BCUT2D eigenvalue weighted by Gasteiger charge is -2.05. The van der Waals surface area contributed by atoms with Crippen LogP contribution in [-0.2, 0) is 16.4 Å². The molecule has 0 aliphatic heterocycles. The second-order valence-corrected chi connectivity index (χ2v) is 3.77. The predicted octanol–water partition coefficient (Wildman–Crippen LogP) is 2.85. The molecule has 2 aromatic carbocycles. The van der Waals surface area contributed by atoms with Crippen molar-refractivity contribution >= 4 is 5.97 Å². The van der Waals surface area contributed by atoms with Gasteiger partial charge in [0.05, 0.1) is 17.2 Å². The molecular weight excluding hydrogens is 242 g/mol. The van der Waals surface area contributed by atoms with E-state index in [0.717, 1.165) is 0 Å². The van der Waals surface area contributed by atoms with E-state index in [4.69, 9.17) is 10.1 Å². The third-order valence-corrected chi connectivity index (χ3v) is 2.50. The Kier molecular flexibility index (Phi) is 4.27. The van der Waals surface area contributed by atoms with Gasteiger partial charge in [-0.25, -0.2) is 4.79 Å². The molecule has 0 radical (unpaired) electrons. The maximum absolute atomic E-state index is 11.6. The van der Waals surface area contributed by atoms with Gasteiger partial charge >= 0.3 is 5.97 Å². The lowest BCUT2D eigenvalue weighted by molar-refractivity contribution is -0.250. The van der Waals surface area contributed by atoms with E-state index in [0.29, 0.717) is 16.7 Å². The minimum absolute atomic E-state index is 0.0440. The Morgan fingerprint density at radius 3 is 2.47 bits per heavy atom. The fourth-order valence-corrected chi connectivity index (χ4v) is 1.52. The second kappa shape index (κ2) is 6.34. The van der Waals surface area contributed by atoms with Gasteiger partial charge in [0.15, 0.2) is 0 Å². The standard InChI is InChI=1S/C15H11NO3/c16-10-13-8-4-5-9-14(13)11-18-19-15(17)12-6-2-1-3-7-12/h1-9H,11H2. The smallest absolute Gasteiger partial charge is 0.292 e. The maximum atomic E-state index is 11.6. The number of carbonyl (C=O) groups is 1. The number of benzene rings is 2. The topological polar surface area (TPSA) is 59.3 Å². The van der Waals surface area contributed by atoms with E-state index in [1.807, 2.05) is 6.07 Å². The summed E-state index contributed by atoms with van der Waals surface area (Å²) in [6.07, 6.45) is 0. The molecule has 0 aromatic heterocycles. The van der Waals surface area contributed by atoms with Crippen LogP contribution in [0.4, 0.5) is 0 Å². The molecule has 2 aromatic rings. The van der Waals surface area contributed by atoms with Crippen LogP contribution in [0.2, 0.25) is 0 Å². The molecule has 0 saturated carbocycles. The van der Waals surface area contributed by atoms with Gasteiger partial charge in [0, 0.05) is 0 Å². The van der Waals surface area contributed by atoms with Gasteiger partial charge in [0.2, 0.25) is 0 Å². The number of rotatable bonds is 4. The highest BCUT2D eigenvalue weighted by molar-refractivity contribution is 5.88. The molecule has 0 saturated heterocycles. The first-order chi connectivity index (χ1) is 9.31. The van der Waals surface area contributed by atoms with E-state index in [-0.39, 0.29) is 6.61 Å². The summed E-state index contributed by atoms with van der Waals surface area (Å²) in [5, 5.41) is 8.89. The molecule has 4 heteroatoms. The van der Waals surface area contributed by atoms with Gasteiger partial charge in [-0.2, -0.15) is 10.1 Å². The van der Waals surface area contributed by atoms with Crippen molar-refractivity contribution in [3.63, 3.8) is 0 Å². The van der Waals surface area contributed by atoms with Gasteiger partial charge in [-0.3, -0.25) is 4.89 Å². The minimum atomic E-state index is -0.560. The van der Waals surface area contributed by atoms with Gasteiger partial charge in [-0.15, -0.1) is 0 Å². The van der Waals surface area contributed by atoms with Crippen molar-refractivity contribution in [2.45, 2.75) is 6.61 Å². The molecule has 0 aliphatic rings. The van der Waals surface area contributed by atoms with Crippen molar-refractivity contribution in [2.24, 2.45) is 0 Å². The van der Waals surface area contributed by atoms with Gasteiger partial charge in [0.25, 0.3) is 0 Å². The van der Waals surface area contributed by atoms with E-state index < -0.39 is 5.97 Å². The molecule has 0 atom stereocenters. The molecule has 0 unspecified atom stereocenters. The first kappa shape index (κ1) is 12.8. The molecule has 2 rings (SSSR count). The highest BCUT2D eigenvalue weighted by atomic mass is 17.2. The van der Waals surface area contributed by atoms with Crippen LogP contribution in [0.3, 0.4) is 0 Å². The lowest BCUT2D eigenvalue weighted by Crippen LogP contribution is -2.06. The molecule has 0 N–H and O–H groups in total. The summed E-state index contributed by atoms with van der Waals surface area (Å²) < 4.78 is 0. The Balaban J connectivity index is 1.91. The van der Waals surface area contributed by atoms with Crippen LogP contribution in [0, 0.1) is 11.3 Å². The summed E-state index contributed by atoms with van der Waals surface area (Å²) in [4.78, 5) is 21.1. The van der Waals surface area contributed by atoms with Gasteiger partial charge in [-0.05, 0) is 23.8 Å². The monoisotopic (exact) mass is 253 g/mol. The summed E-state index contributed by atoms with van der Waals surface area (Å²) in [5.74, 6) is -0.560. The SMILES string of the molecule is N#Cc1ccccc1COOC(=O)c1ccccc1. The van der Waals surface area contributed by atoms with E-state index in [1.54, 1.807) is 54.6 Å². The predicted molar refractivity (Wildman–Crippen MR) is 67.8 cm³/mol. The van der Waals surface area contributed by atoms with E-state index in [1.165, 1.54) is 0 Å². The number of carbonyl (C=O) groups excluding carboxylic acids is 1. The summed E-state index contributed by atoms with van der Waals surface area (Å²) >= 11 is 0. The van der Waals surface area contributed by atoms with Crippen LogP contribution in [0.5, 0.6) is 0 Å². The van der Waals surface area contributed by atoms with Gasteiger partial charge in [-0.1, -0.05) is 36.4 Å². The third-order valence-electron chi connectivity index (χ3n) is 2.50. The number of hydrogen-bond donors (Lipinski definition) is 0. The largest absolute Gasteiger partial charge is 0.373 e. The molecular formula is C15H11NO3. The van der Waals surface area contributed by atoms with Gasteiger partial charge in [0.1, 0.15) is 6.61 Å². The van der Waals surface area contributed by atoms with Crippen LogP contribution in [0.25, 0.3) is 0 Å². The van der Waals surface area contributed by atoms with Crippen molar-refractivity contribution in [1.29, 1.82) is 5.26 Å². The Bertz CT molecular complexity index is 602. The third kappa shape index (κ3) is 3.41. The zero-order valence-corrected chi connectivity index (χ0v) is 10.1. The number of nitrogens with zero attached hydrogens (tertiary/aromatic N) is 1. The van der Waals surface area contributed by atoms with Crippen molar-refractivity contribution in [1.82, 2.24) is 0 Å². The van der Waals surface area contributed by atoms with Crippen LogP contribution in [-0.4, -0.2) is 5.97 Å². The van der Waals surface area contributed by atoms with Crippen molar-refractivity contribution in [2.75, 3.05) is 0 Å². The lowest BCUT2D eigenvalue weighted by atomic mass is 10.1. The van der Waals surface area contributed by atoms with E-state index in [9.17, 15) is 4.79 Å². The Hall–Kier alpha value is -2.64. The minimum Gasteiger partial charge on any atom is -0.292 e. The van der Waals surface area contributed by atoms with Crippen molar-refractivity contribution in [3.8, 4) is 6.07 Å². The van der Waals surface area contributed by atoms with Crippen molar-refractivity contribution < 1.29 is 14.6 Å². The molecule has 4 nitrogen and oxygen atoms in total. The zero-order valence-electron chi connectivity index (χ0n) is 10.1. The van der Waals surface area contributed by atoms with Gasteiger partial charge < -0.3 is 0 Å². The molecule has 19 heavy (non-hydrogen) atoms. The van der Waals surface area contributed by atoms with Crippen molar-refractivity contribution in [3.05, 3.63) is 71.3 Å². The Morgan fingerprint density at radius 1 is 1.05 bits per heavy atom. The molecule has 94 valence electrons. The Labute approximate surface area is 110 Å². The normalized spacial score (nSPS) is 9.63. The first-order valence-electron chi connectivity index (χ1n) is 5.68. The molecule has 0 aliphatic carbocycles. The van der Waals surface area contributed by atoms with E-state index >= 15 is 0 Å². The average Bonchev–Trinajstić information content (AvgIpc) is 2.48. The number of hydrogen-bond acceptors (Lipinski definition) is 4. The molecule has 0 fully saturated rings. The molecule has 0 heterocycles. The fourth-order valence-electron chi connectivity index (χ4n) is 1.52. The Morgan fingerprint density at radius 2 is 1.74 bits per heavy atom. The van der Waals surface area contributed by atoms with Crippen LogP contribution in [0.1, 0.15) is 21.5 Å². The molecule has 0 amide bonds. The highest BCUT2D eigenvalue weighted by Crippen LogP contribution is 2.09. The number of nitriles is 1. The van der Waals surface area contributed by atoms with Crippen LogP contribution < -0.4 is 0 Å². The zero-order chi connectivity index (χ0) is 13.5. The first-order valence-corrected chi connectivity index (χ1v) is 5.68. The maximum Gasteiger partial charge on any atom is 0.373 e. The van der Waals surface area contributed by atoms with Crippen LogP contribution >= 0.6 is 0 Å². The summed E-state index contributed by atoms with van der Waals surface area (Å²) in [6, 6.07) is 17.6. The second-order valence-electron chi connectivity index (χ2n) is 3.77. The molecule has 0 spiro atoms. The van der Waals surface area contributed by atoms with Crippen LogP contribution in [0.15, 0.2) is 54.6 Å². The molecule has 0 bridgehead atoms. The highest BCUT2D eigenvalue weighted by Gasteiger charge is 2.08. The summed E-state index contributed by atoms with van der Waals surface area (Å²) in [5.41, 5.74) is 1.58.